The quantitative estimate of drug-likeness (QED) is 0.375. The molecule has 0 spiro atoms. The van der Waals surface area contributed by atoms with Gasteiger partial charge >= 0.3 is 0 Å². The first-order valence-electron chi connectivity index (χ1n) is 14.1. The second-order valence-electron chi connectivity index (χ2n) is 13.4. The summed E-state index contributed by atoms with van der Waals surface area (Å²) in [6.45, 7) is 19.3. The van der Waals surface area contributed by atoms with E-state index in [2.05, 4.69) is 73.6 Å². The van der Waals surface area contributed by atoms with Crippen LogP contribution < -0.4 is 0 Å². The molecule has 0 aromatic carbocycles. The van der Waals surface area contributed by atoms with Crippen molar-refractivity contribution in [3.63, 3.8) is 0 Å². The van der Waals surface area contributed by atoms with E-state index in [4.69, 9.17) is 4.74 Å². The van der Waals surface area contributed by atoms with Crippen molar-refractivity contribution >= 4 is 0 Å². The molecule has 0 radical (unpaired) electrons. The summed E-state index contributed by atoms with van der Waals surface area (Å²) in [6, 6.07) is 0. The van der Waals surface area contributed by atoms with Gasteiger partial charge in [-0.25, -0.2) is 0 Å². The second kappa shape index (κ2) is 9.24. The lowest BCUT2D eigenvalue weighted by molar-refractivity contribution is -0.0687. The van der Waals surface area contributed by atoms with E-state index in [1.807, 2.05) is 0 Å². The molecule has 0 aromatic heterocycles. The summed E-state index contributed by atoms with van der Waals surface area (Å²) in [6.07, 6.45) is 19.6. The van der Waals surface area contributed by atoms with Crippen LogP contribution in [0.1, 0.15) is 107 Å². The van der Waals surface area contributed by atoms with Crippen molar-refractivity contribution in [2.24, 2.45) is 52.3 Å². The normalized spacial score (nSPS) is 43.7. The molecule has 4 rings (SSSR count). The lowest BCUT2D eigenvalue weighted by Crippen LogP contribution is -2.51. The summed E-state index contributed by atoms with van der Waals surface area (Å²) >= 11 is 0. The number of rotatable bonds is 6. The third-order valence-electron chi connectivity index (χ3n) is 11.0. The van der Waals surface area contributed by atoms with Gasteiger partial charge in [0, 0.05) is 0 Å². The Balaban J connectivity index is 1.49. The van der Waals surface area contributed by atoms with E-state index >= 15 is 0 Å². The molecule has 182 valence electrons. The van der Waals surface area contributed by atoms with E-state index in [0.29, 0.717) is 29.0 Å². The number of ether oxygens (including phenoxy) is 1. The molecule has 9 atom stereocenters. The maximum Gasteiger partial charge on any atom is 0.0616 e. The molecule has 1 nitrogen and oxygen atoms in total. The molecular weight excluding hydrogens is 388 g/mol. The minimum absolute atomic E-state index is 0.353. The average molecular weight is 441 g/mol. The predicted octanol–water partition coefficient (Wildman–Crippen LogP) is 8.84. The number of allylic oxidation sites excluding steroid dienone is 3. The van der Waals surface area contributed by atoms with E-state index in [1.54, 1.807) is 5.57 Å². The summed E-state index contributed by atoms with van der Waals surface area (Å²) in [5.74, 6) is 5.78. The maximum atomic E-state index is 6.25. The van der Waals surface area contributed by atoms with Crippen molar-refractivity contribution in [1.82, 2.24) is 0 Å². The smallest absolute Gasteiger partial charge is 0.0616 e. The number of hydrogen-bond donors (Lipinski definition) is 0. The standard InChI is InChI=1S/C31H52O/c1-20(2)22(5)9-10-23(6)27-13-14-28-26-12-11-24-19-25(32-21(3)4)15-17-30(24,7)29(26)16-18-31(27,28)8/h9-11,20-23,25-29H,12-19H2,1-8H3/b10-9+/t22-,23+,25-,26-,27+,28-,29-,30-,31+/m0/s1. The maximum absolute atomic E-state index is 6.25. The molecule has 0 bridgehead atoms. The van der Waals surface area contributed by atoms with Crippen LogP contribution in [0.4, 0.5) is 0 Å². The highest BCUT2D eigenvalue weighted by Crippen LogP contribution is 2.67. The minimum Gasteiger partial charge on any atom is -0.375 e. The fourth-order valence-electron chi connectivity index (χ4n) is 8.74. The Bertz CT molecular complexity index is 716. The Hall–Kier alpha value is -0.560. The minimum atomic E-state index is 0.353. The third-order valence-corrected chi connectivity index (χ3v) is 11.0. The van der Waals surface area contributed by atoms with Gasteiger partial charge in [-0.15, -0.1) is 0 Å². The van der Waals surface area contributed by atoms with E-state index in [9.17, 15) is 0 Å². The zero-order valence-electron chi connectivity index (χ0n) is 22.5. The van der Waals surface area contributed by atoms with Crippen LogP contribution in [0.15, 0.2) is 23.8 Å². The zero-order chi connectivity index (χ0) is 23.3. The van der Waals surface area contributed by atoms with Gasteiger partial charge in [-0.3, -0.25) is 0 Å². The van der Waals surface area contributed by atoms with Crippen LogP contribution in [0.25, 0.3) is 0 Å². The van der Waals surface area contributed by atoms with E-state index in [0.717, 1.165) is 35.5 Å². The molecule has 3 fully saturated rings. The lowest BCUT2D eigenvalue weighted by Gasteiger charge is -2.58. The molecule has 0 amide bonds. The molecule has 1 heteroatoms. The largest absolute Gasteiger partial charge is 0.375 e. The van der Waals surface area contributed by atoms with Gasteiger partial charge in [0.2, 0.25) is 0 Å². The van der Waals surface area contributed by atoms with Gasteiger partial charge in [-0.2, -0.15) is 0 Å². The second-order valence-corrected chi connectivity index (χ2v) is 13.4. The molecule has 0 N–H and O–H groups in total. The first-order valence-corrected chi connectivity index (χ1v) is 14.1. The fraction of sp³-hybridized carbons (Fsp3) is 0.871. The summed E-state index contributed by atoms with van der Waals surface area (Å²) < 4.78 is 6.25. The van der Waals surface area contributed by atoms with Crippen molar-refractivity contribution in [3.8, 4) is 0 Å². The van der Waals surface area contributed by atoms with E-state index < -0.39 is 0 Å². The van der Waals surface area contributed by atoms with Crippen molar-refractivity contribution in [1.29, 1.82) is 0 Å². The molecule has 3 saturated carbocycles. The van der Waals surface area contributed by atoms with Gasteiger partial charge in [0.15, 0.2) is 0 Å². The topological polar surface area (TPSA) is 9.23 Å². The van der Waals surface area contributed by atoms with Crippen molar-refractivity contribution < 1.29 is 4.74 Å². The van der Waals surface area contributed by atoms with Crippen molar-refractivity contribution in [2.75, 3.05) is 0 Å². The third kappa shape index (κ3) is 4.30. The van der Waals surface area contributed by atoms with Gasteiger partial charge in [-0.05, 0) is 117 Å². The van der Waals surface area contributed by atoms with E-state index in [1.165, 1.54) is 51.4 Å². The van der Waals surface area contributed by atoms with Crippen molar-refractivity contribution in [3.05, 3.63) is 23.8 Å². The molecule has 4 aliphatic carbocycles. The van der Waals surface area contributed by atoms with Gasteiger partial charge in [0.25, 0.3) is 0 Å². The Kier molecular flexibility index (Phi) is 7.09. The molecule has 0 aliphatic heterocycles. The zero-order valence-corrected chi connectivity index (χ0v) is 22.5. The average Bonchev–Trinajstić information content (AvgIpc) is 3.08. The van der Waals surface area contributed by atoms with Gasteiger partial charge < -0.3 is 4.74 Å². The summed E-state index contributed by atoms with van der Waals surface area (Å²) in [7, 11) is 0. The molecule has 32 heavy (non-hydrogen) atoms. The molecule has 0 aromatic rings. The van der Waals surface area contributed by atoms with E-state index in [-0.39, 0.29) is 0 Å². The molecular formula is C31H52O. The summed E-state index contributed by atoms with van der Waals surface area (Å²) in [5, 5.41) is 0. The van der Waals surface area contributed by atoms with Crippen LogP contribution in [0, 0.1) is 52.3 Å². The van der Waals surface area contributed by atoms with Crippen LogP contribution in [0.2, 0.25) is 0 Å². The highest BCUT2D eigenvalue weighted by Gasteiger charge is 2.59. The van der Waals surface area contributed by atoms with Crippen LogP contribution >= 0.6 is 0 Å². The first kappa shape index (κ1) is 24.6. The number of fused-ring (bicyclic) bond motifs is 5. The van der Waals surface area contributed by atoms with Crippen LogP contribution in [0.3, 0.4) is 0 Å². The van der Waals surface area contributed by atoms with Crippen LogP contribution in [-0.4, -0.2) is 12.2 Å². The summed E-state index contributed by atoms with van der Waals surface area (Å²) in [5.41, 5.74) is 2.75. The highest BCUT2D eigenvalue weighted by atomic mass is 16.5. The molecule has 0 unspecified atom stereocenters. The van der Waals surface area contributed by atoms with Crippen molar-refractivity contribution in [2.45, 2.75) is 119 Å². The lowest BCUT2D eigenvalue weighted by atomic mass is 9.47. The van der Waals surface area contributed by atoms with Gasteiger partial charge in [-0.1, -0.05) is 65.3 Å². The molecule has 0 saturated heterocycles. The Morgan fingerprint density at radius 2 is 1.66 bits per heavy atom. The molecule has 4 aliphatic rings. The van der Waals surface area contributed by atoms with Gasteiger partial charge in [0.1, 0.15) is 0 Å². The Labute approximate surface area is 199 Å². The highest BCUT2D eigenvalue weighted by molar-refractivity contribution is 5.25. The van der Waals surface area contributed by atoms with Gasteiger partial charge in [0.05, 0.1) is 12.2 Å². The van der Waals surface area contributed by atoms with Crippen LogP contribution in [0.5, 0.6) is 0 Å². The predicted molar refractivity (Wildman–Crippen MR) is 138 cm³/mol. The Morgan fingerprint density at radius 3 is 2.34 bits per heavy atom. The molecule has 0 heterocycles. The fourth-order valence-corrected chi connectivity index (χ4v) is 8.74. The summed E-state index contributed by atoms with van der Waals surface area (Å²) in [4.78, 5) is 0. The van der Waals surface area contributed by atoms with Crippen LogP contribution in [-0.2, 0) is 4.74 Å². The monoisotopic (exact) mass is 440 g/mol. The number of hydrogen-bond acceptors (Lipinski definition) is 1. The SMILES string of the molecule is CC(C)O[C@H]1CC[C@@]2(C)C(=CC[C@H]3[C@@H]4CC[C@H]([C@H](C)/C=C/[C@H](C)C(C)C)[C@@]4(C)CC[C@@H]32)C1. The first-order chi connectivity index (χ1) is 15.1. The Morgan fingerprint density at radius 1 is 0.906 bits per heavy atom.